The maximum atomic E-state index is 10.8. The Morgan fingerprint density at radius 2 is 2.40 bits per heavy atom. The molecule has 1 fully saturated rings. The molecule has 0 atom stereocenters. The third-order valence-corrected chi connectivity index (χ3v) is 1.55. The highest BCUT2D eigenvalue weighted by Crippen LogP contribution is 2.10. The molecule has 0 unspecified atom stereocenters. The molecule has 4 heteroatoms. The van der Waals surface area contributed by atoms with E-state index in [0.29, 0.717) is 19.3 Å². The van der Waals surface area contributed by atoms with Gasteiger partial charge in [0.1, 0.15) is 5.57 Å². The summed E-state index contributed by atoms with van der Waals surface area (Å²) in [6.45, 7) is 0.328. The Hall–Kier alpha value is -0.900. The zero-order valence-corrected chi connectivity index (χ0v) is 5.98. The van der Waals surface area contributed by atoms with Gasteiger partial charge >= 0.3 is 0 Å². The average Bonchev–Trinajstić information content (AvgIpc) is 1.88. The molecular formula is C6H6O3S. The fourth-order valence-corrected chi connectivity index (χ4v) is 0.937. The molecule has 0 amide bonds. The summed E-state index contributed by atoms with van der Waals surface area (Å²) in [5.74, 6) is -0.154. The summed E-state index contributed by atoms with van der Waals surface area (Å²) in [5.41, 5.74) is 0.112. The first-order chi connectivity index (χ1) is 4.75. The second-order valence-corrected chi connectivity index (χ2v) is 2.22. The van der Waals surface area contributed by atoms with E-state index < -0.39 is 0 Å². The van der Waals surface area contributed by atoms with Crippen molar-refractivity contribution < 1.29 is 14.6 Å². The number of ether oxygens (including phenoxy) is 1. The van der Waals surface area contributed by atoms with Crippen LogP contribution in [0.1, 0.15) is 6.42 Å². The zero-order chi connectivity index (χ0) is 7.56. The van der Waals surface area contributed by atoms with Gasteiger partial charge in [-0.05, 0) is 12.2 Å². The van der Waals surface area contributed by atoms with Crippen LogP contribution < -0.4 is 0 Å². The second kappa shape index (κ2) is 2.79. The fourth-order valence-electron chi connectivity index (χ4n) is 0.687. The molecule has 1 aliphatic heterocycles. The first kappa shape index (κ1) is 7.21. The topological polar surface area (TPSA) is 46.5 Å². The lowest BCUT2D eigenvalue weighted by atomic mass is 10.1. The van der Waals surface area contributed by atoms with Crippen molar-refractivity contribution in [2.45, 2.75) is 6.42 Å². The lowest BCUT2D eigenvalue weighted by Crippen LogP contribution is -2.22. The summed E-state index contributed by atoms with van der Waals surface area (Å²) in [6, 6.07) is 0. The Labute approximate surface area is 63.3 Å². The standard InChI is InChI=1S/C6H6O3S/c7-3-4-5(8)1-2-9-6(4)10/h3,7H,1-2H2. The van der Waals surface area contributed by atoms with Crippen molar-refractivity contribution in [2.75, 3.05) is 6.61 Å². The first-order valence-electron chi connectivity index (χ1n) is 2.80. The molecule has 0 spiro atoms. The Morgan fingerprint density at radius 3 is 2.80 bits per heavy atom. The fraction of sp³-hybridized carbons (Fsp3) is 0.333. The molecule has 1 rings (SSSR count). The molecule has 54 valence electrons. The van der Waals surface area contributed by atoms with E-state index in [0.717, 1.165) is 0 Å². The summed E-state index contributed by atoms with van der Waals surface area (Å²) < 4.78 is 4.83. The number of carbonyl (C=O) groups excluding carboxylic acids is 1. The Bertz CT molecular complexity index is 189. The molecule has 0 aliphatic carbocycles. The number of carbonyl (C=O) groups is 1. The van der Waals surface area contributed by atoms with Crippen molar-refractivity contribution in [3.05, 3.63) is 11.8 Å². The molecule has 0 aromatic carbocycles. The van der Waals surface area contributed by atoms with Crippen LogP contribution in [0, 0.1) is 0 Å². The highest BCUT2D eigenvalue weighted by molar-refractivity contribution is 7.80. The van der Waals surface area contributed by atoms with Gasteiger partial charge in [-0.25, -0.2) is 0 Å². The molecule has 0 saturated carbocycles. The van der Waals surface area contributed by atoms with E-state index >= 15 is 0 Å². The summed E-state index contributed by atoms with van der Waals surface area (Å²) >= 11 is 4.63. The van der Waals surface area contributed by atoms with Crippen molar-refractivity contribution in [1.82, 2.24) is 0 Å². The van der Waals surface area contributed by atoms with Crippen LogP contribution in [0.4, 0.5) is 0 Å². The van der Waals surface area contributed by atoms with Gasteiger partial charge in [0.05, 0.1) is 12.9 Å². The van der Waals surface area contributed by atoms with Gasteiger partial charge in [0.2, 0.25) is 0 Å². The van der Waals surface area contributed by atoms with E-state index in [-0.39, 0.29) is 16.4 Å². The van der Waals surface area contributed by atoms with Crippen LogP contribution in [-0.4, -0.2) is 22.5 Å². The Morgan fingerprint density at radius 1 is 1.70 bits per heavy atom. The van der Waals surface area contributed by atoms with Crippen molar-refractivity contribution >= 4 is 23.1 Å². The van der Waals surface area contributed by atoms with Gasteiger partial charge in [-0.15, -0.1) is 0 Å². The maximum absolute atomic E-state index is 10.8. The Balaban J connectivity index is 2.83. The van der Waals surface area contributed by atoms with Crippen LogP contribution in [0.25, 0.3) is 0 Å². The van der Waals surface area contributed by atoms with E-state index in [2.05, 4.69) is 12.2 Å². The normalized spacial score (nSPS) is 23.0. The van der Waals surface area contributed by atoms with Gasteiger partial charge in [0.25, 0.3) is 0 Å². The molecular weight excluding hydrogens is 152 g/mol. The molecule has 0 bridgehead atoms. The predicted molar refractivity (Wildman–Crippen MR) is 38.9 cm³/mol. The molecule has 0 radical (unpaired) electrons. The predicted octanol–water partition coefficient (Wildman–Crippen LogP) is 0.745. The smallest absolute Gasteiger partial charge is 0.197 e. The minimum atomic E-state index is -0.154. The maximum Gasteiger partial charge on any atom is 0.197 e. The van der Waals surface area contributed by atoms with E-state index in [1.165, 1.54) is 0 Å². The molecule has 3 nitrogen and oxygen atoms in total. The summed E-state index contributed by atoms with van der Waals surface area (Å²) in [7, 11) is 0. The monoisotopic (exact) mass is 158 g/mol. The third kappa shape index (κ3) is 1.16. The lowest BCUT2D eigenvalue weighted by Gasteiger charge is -2.13. The van der Waals surface area contributed by atoms with Crippen LogP contribution in [-0.2, 0) is 9.53 Å². The van der Waals surface area contributed by atoms with Gasteiger partial charge in [-0.3, -0.25) is 4.79 Å². The van der Waals surface area contributed by atoms with Crippen LogP contribution >= 0.6 is 12.2 Å². The number of hydrogen-bond acceptors (Lipinski definition) is 4. The average molecular weight is 158 g/mol. The minimum Gasteiger partial charge on any atom is -0.515 e. The van der Waals surface area contributed by atoms with E-state index in [9.17, 15) is 4.79 Å². The number of rotatable bonds is 0. The third-order valence-electron chi connectivity index (χ3n) is 1.21. The molecule has 0 aromatic rings. The van der Waals surface area contributed by atoms with Crippen molar-refractivity contribution in [3.63, 3.8) is 0 Å². The largest absolute Gasteiger partial charge is 0.515 e. The van der Waals surface area contributed by atoms with Crippen molar-refractivity contribution in [3.8, 4) is 0 Å². The molecule has 1 heterocycles. The van der Waals surface area contributed by atoms with Crippen LogP contribution in [0.5, 0.6) is 0 Å². The summed E-state index contributed by atoms with van der Waals surface area (Å²) in [4.78, 5) is 10.8. The van der Waals surface area contributed by atoms with Crippen LogP contribution in [0.2, 0.25) is 0 Å². The molecule has 0 aromatic heterocycles. The number of ketones is 1. The molecule has 10 heavy (non-hydrogen) atoms. The minimum absolute atomic E-state index is 0.0961. The van der Waals surface area contributed by atoms with E-state index in [1.54, 1.807) is 0 Å². The van der Waals surface area contributed by atoms with Gasteiger partial charge in [0.15, 0.2) is 10.8 Å². The quantitative estimate of drug-likeness (QED) is 0.321. The van der Waals surface area contributed by atoms with Gasteiger partial charge < -0.3 is 9.84 Å². The van der Waals surface area contributed by atoms with Gasteiger partial charge in [0, 0.05) is 6.42 Å². The van der Waals surface area contributed by atoms with Crippen molar-refractivity contribution in [2.24, 2.45) is 0 Å². The highest BCUT2D eigenvalue weighted by atomic mass is 32.1. The number of Topliss-reactive ketones (excluding diaryl/α,β-unsaturated/α-hetero) is 1. The molecule has 1 saturated heterocycles. The van der Waals surface area contributed by atoms with E-state index in [1.807, 2.05) is 0 Å². The number of thiocarbonyl (C=S) groups is 1. The number of aliphatic hydroxyl groups excluding tert-OH is 1. The van der Waals surface area contributed by atoms with Gasteiger partial charge in [-0.1, -0.05) is 0 Å². The summed E-state index contributed by atoms with van der Waals surface area (Å²) in [6.07, 6.45) is 0.996. The van der Waals surface area contributed by atoms with E-state index in [4.69, 9.17) is 9.84 Å². The van der Waals surface area contributed by atoms with Gasteiger partial charge in [-0.2, -0.15) is 0 Å². The number of aliphatic hydroxyl groups is 1. The van der Waals surface area contributed by atoms with Crippen LogP contribution in [0.3, 0.4) is 0 Å². The SMILES string of the molecule is O=C1CCOC(=S)C1=CO. The molecule has 1 aliphatic rings. The van der Waals surface area contributed by atoms with Crippen molar-refractivity contribution in [1.29, 1.82) is 0 Å². The Kier molecular flexibility index (Phi) is 2.01. The zero-order valence-electron chi connectivity index (χ0n) is 5.16. The van der Waals surface area contributed by atoms with Crippen LogP contribution in [0.15, 0.2) is 11.8 Å². The second-order valence-electron chi connectivity index (χ2n) is 1.85. The molecule has 1 N–H and O–H groups in total. The lowest BCUT2D eigenvalue weighted by molar-refractivity contribution is -0.116. The number of hydrogen-bond donors (Lipinski definition) is 1. The summed E-state index contributed by atoms with van der Waals surface area (Å²) in [5, 5.41) is 8.58. The highest BCUT2D eigenvalue weighted by Gasteiger charge is 2.21. The first-order valence-corrected chi connectivity index (χ1v) is 3.21.